The molecule has 8 aromatic rings. The molecule has 278 valence electrons. The Morgan fingerprint density at radius 3 is 0.893 bits per heavy atom. The van der Waals surface area contributed by atoms with E-state index in [1.54, 1.807) is 0 Å². The van der Waals surface area contributed by atoms with Gasteiger partial charge in [-0.15, -0.1) is 0 Å². The summed E-state index contributed by atoms with van der Waals surface area (Å²) in [7, 11) is -3.86. The Kier molecular flexibility index (Phi) is 9.84. The number of ether oxygens (including phenoxy) is 2. The maximum Gasteiger partial charge on any atom is 0.463 e. The summed E-state index contributed by atoms with van der Waals surface area (Å²) in [5.41, 5.74) is 0. The van der Waals surface area contributed by atoms with Crippen LogP contribution in [0.2, 0.25) is 0 Å². The van der Waals surface area contributed by atoms with E-state index in [4.69, 9.17) is 36.6 Å². The molecule has 2 aliphatic rings. The molecule has 56 heavy (non-hydrogen) atoms. The van der Waals surface area contributed by atoms with Crippen molar-refractivity contribution in [2.24, 2.45) is 0 Å². The molecule has 0 N–H and O–H groups in total. The van der Waals surface area contributed by atoms with E-state index in [-0.39, 0.29) is 13.2 Å². The molecule has 2 aliphatic heterocycles. The van der Waals surface area contributed by atoms with Gasteiger partial charge in [0, 0.05) is 0 Å². The molecular weight excluding hydrogens is 742 g/mol. The van der Waals surface area contributed by atoms with E-state index >= 15 is 0 Å². The van der Waals surface area contributed by atoms with Gasteiger partial charge in [0.2, 0.25) is 0 Å². The topological polar surface area (TPSA) is 73.8 Å². The fourth-order valence-corrected chi connectivity index (χ4v) is 9.39. The molecule has 10 rings (SSSR count). The first-order chi connectivity index (χ1) is 27.7. The minimum atomic E-state index is -1.93. The standard InChI is InChI=1S/C46H36O8P2/c1-5-13-35-25-39(21-17-31(35)9-1)49-55(50-40-22-18-32-10-2-6-14-36(32)26-40)53-43-29-47-46-44(30-48-45(43)46)54-56(51-41-23-19-33-11-3-7-15-37(33)27-41)52-42-24-20-34-12-4-8-16-38(34)28-42/h1-28,43-46H,29-30H2/t43-,44-,45-,46-/m1/s1. The maximum absolute atomic E-state index is 6.64. The van der Waals surface area contributed by atoms with Gasteiger partial charge < -0.3 is 27.6 Å². The fourth-order valence-electron chi connectivity index (χ4n) is 7.20. The van der Waals surface area contributed by atoms with Crippen molar-refractivity contribution >= 4 is 60.3 Å². The monoisotopic (exact) mass is 778 g/mol. The van der Waals surface area contributed by atoms with Gasteiger partial charge in [-0.3, -0.25) is 9.05 Å². The molecule has 0 aromatic heterocycles. The van der Waals surface area contributed by atoms with E-state index in [0.717, 1.165) is 43.1 Å². The van der Waals surface area contributed by atoms with Gasteiger partial charge in [-0.25, -0.2) is 0 Å². The Hall–Kier alpha value is -5.30. The molecule has 2 fully saturated rings. The van der Waals surface area contributed by atoms with Crippen molar-refractivity contribution in [3.63, 3.8) is 0 Å². The molecule has 8 aromatic carbocycles. The van der Waals surface area contributed by atoms with Crippen molar-refractivity contribution in [1.29, 1.82) is 0 Å². The predicted molar refractivity (Wildman–Crippen MR) is 221 cm³/mol. The Bertz CT molecular complexity index is 2310. The first-order valence-corrected chi connectivity index (χ1v) is 20.7. The third-order valence-corrected chi connectivity index (χ3v) is 12.3. The van der Waals surface area contributed by atoms with Gasteiger partial charge in [-0.2, -0.15) is 0 Å². The zero-order valence-corrected chi connectivity index (χ0v) is 31.8. The molecule has 0 saturated carbocycles. The van der Waals surface area contributed by atoms with E-state index in [9.17, 15) is 0 Å². The number of hydrogen-bond acceptors (Lipinski definition) is 8. The lowest BCUT2D eigenvalue weighted by atomic mass is 10.1. The predicted octanol–water partition coefficient (Wildman–Crippen LogP) is 11.9. The van der Waals surface area contributed by atoms with Crippen LogP contribution in [0, 0.1) is 0 Å². The normalized spacial score (nSPS) is 19.2. The van der Waals surface area contributed by atoms with Crippen LogP contribution in [0.5, 0.6) is 23.0 Å². The van der Waals surface area contributed by atoms with Gasteiger partial charge in [0.25, 0.3) is 0 Å². The average molecular weight is 779 g/mol. The van der Waals surface area contributed by atoms with Crippen molar-refractivity contribution in [3.8, 4) is 23.0 Å². The zero-order valence-electron chi connectivity index (χ0n) is 30.0. The third kappa shape index (κ3) is 7.61. The summed E-state index contributed by atoms with van der Waals surface area (Å²) in [5.74, 6) is 2.56. The number of benzene rings is 8. The van der Waals surface area contributed by atoms with E-state index < -0.39 is 41.6 Å². The fraction of sp³-hybridized carbons (Fsp3) is 0.130. The van der Waals surface area contributed by atoms with Crippen LogP contribution in [0.1, 0.15) is 0 Å². The van der Waals surface area contributed by atoms with Crippen LogP contribution >= 0.6 is 17.2 Å². The number of fused-ring (bicyclic) bond motifs is 5. The Balaban J connectivity index is 0.881. The van der Waals surface area contributed by atoms with Gasteiger partial charge >= 0.3 is 17.2 Å². The molecule has 2 heterocycles. The van der Waals surface area contributed by atoms with Crippen molar-refractivity contribution in [3.05, 3.63) is 170 Å². The van der Waals surface area contributed by atoms with E-state index in [0.29, 0.717) is 23.0 Å². The summed E-state index contributed by atoms with van der Waals surface area (Å²) < 4.78 is 51.9. The lowest BCUT2D eigenvalue weighted by Gasteiger charge is -2.23. The maximum atomic E-state index is 6.64. The second-order valence-electron chi connectivity index (χ2n) is 13.7. The van der Waals surface area contributed by atoms with Crippen LogP contribution in [0.25, 0.3) is 43.1 Å². The molecular formula is C46H36O8P2. The molecule has 0 radical (unpaired) electrons. The summed E-state index contributed by atoms with van der Waals surface area (Å²) in [4.78, 5) is 0. The minimum absolute atomic E-state index is 0.269. The molecule has 8 nitrogen and oxygen atoms in total. The second-order valence-corrected chi connectivity index (χ2v) is 15.8. The lowest BCUT2D eigenvalue weighted by Crippen LogP contribution is -2.33. The van der Waals surface area contributed by atoms with Gasteiger partial charge in [-0.05, 0) is 91.6 Å². The Morgan fingerprint density at radius 2 is 0.607 bits per heavy atom. The summed E-state index contributed by atoms with van der Waals surface area (Å²) in [6, 6.07) is 56.4. The van der Waals surface area contributed by atoms with Crippen LogP contribution in [-0.2, 0) is 18.5 Å². The van der Waals surface area contributed by atoms with Gasteiger partial charge in [0.1, 0.15) is 47.4 Å². The van der Waals surface area contributed by atoms with Crippen LogP contribution in [0.3, 0.4) is 0 Å². The molecule has 2 saturated heterocycles. The quantitative estimate of drug-likeness (QED) is 0.114. The minimum Gasteiger partial charge on any atom is -0.418 e. The van der Waals surface area contributed by atoms with Crippen molar-refractivity contribution in [2.75, 3.05) is 13.2 Å². The number of rotatable bonds is 12. The second kappa shape index (κ2) is 15.7. The van der Waals surface area contributed by atoms with Crippen molar-refractivity contribution < 1.29 is 36.6 Å². The van der Waals surface area contributed by atoms with Gasteiger partial charge in [-0.1, -0.05) is 121 Å². The number of hydrogen-bond donors (Lipinski definition) is 0. The van der Waals surface area contributed by atoms with E-state index in [1.807, 2.05) is 121 Å². The van der Waals surface area contributed by atoms with Crippen LogP contribution < -0.4 is 18.1 Å². The highest BCUT2D eigenvalue weighted by Gasteiger charge is 2.52. The summed E-state index contributed by atoms with van der Waals surface area (Å²) in [5, 5.41) is 8.70. The molecule has 0 unspecified atom stereocenters. The molecule has 0 spiro atoms. The highest BCUT2D eigenvalue weighted by atomic mass is 31.2. The molecule has 0 amide bonds. The smallest absolute Gasteiger partial charge is 0.418 e. The molecule has 4 atom stereocenters. The highest BCUT2D eigenvalue weighted by Crippen LogP contribution is 2.49. The van der Waals surface area contributed by atoms with E-state index in [2.05, 4.69) is 48.5 Å². The van der Waals surface area contributed by atoms with Crippen LogP contribution in [0.15, 0.2) is 170 Å². The summed E-state index contributed by atoms with van der Waals surface area (Å²) in [6.07, 6.45) is -1.81. The van der Waals surface area contributed by atoms with Gasteiger partial charge in [0.15, 0.2) is 0 Å². The van der Waals surface area contributed by atoms with Crippen LogP contribution in [0.4, 0.5) is 0 Å². The SMILES string of the molecule is c1ccc2cc(OP(Oc3ccc4ccccc4c3)O[C@@H]3CO[C@H]4[C@@H]3OC[C@H]4OP(Oc3ccc4ccccc4c3)Oc3ccc4ccccc4c3)ccc2c1. The molecule has 10 heteroatoms. The molecule has 0 bridgehead atoms. The summed E-state index contributed by atoms with van der Waals surface area (Å²) in [6.45, 7) is 0.538. The van der Waals surface area contributed by atoms with Gasteiger partial charge in [0.05, 0.1) is 13.2 Å². The average Bonchev–Trinajstić information content (AvgIpc) is 3.83. The van der Waals surface area contributed by atoms with Crippen molar-refractivity contribution in [1.82, 2.24) is 0 Å². The Labute approximate surface area is 326 Å². The highest BCUT2D eigenvalue weighted by molar-refractivity contribution is 7.43. The largest absolute Gasteiger partial charge is 0.463 e. The summed E-state index contributed by atoms with van der Waals surface area (Å²) >= 11 is 0. The first kappa shape index (κ1) is 35.1. The Morgan fingerprint density at radius 1 is 0.339 bits per heavy atom. The zero-order chi connectivity index (χ0) is 37.3. The lowest BCUT2D eigenvalue weighted by molar-refractivity contribution is 0.0135. The van der Waals surface area contributed by atoms with Crippen LogP contribution in [-0.4, -0.2) is 37.6 Å². The van der Waals surface area contributed by atoms with Crippen molar-refractivity contribution in [2.45, 2.75) is 24.4 Å². The van der Waals surface area contributed by atoms with E-state index in [1.165, 1.54) is 0 Å². The molecule has 0 aliphatic carbocycles. The third-order valence-electron chi connectivity index (χ3n) is 10.0. The first-order valence-electron chi connectivity index (χ1n) is 18.5.